The van der Waals surface area contributed by atoms with E-state index in [1.807, 2.05) is 0 Å². The summed E-state index contributed by atoms with van der Waals surface area (Å²) in [7, 11) is 0. The van der Waals surface area contributed by atoms with E-state index in [4.69, 9.17) is 5.73 Å². The van der Waals surface area contributed by atoms with Crippen molar-refractivity contribution in [1.82, 2.24) is 9.97 Å². The maximum Gasteiger partial charge on any atom is 0.251 e. The topological polar surface area (TPSA) is 71.8 Å². The Morgan fingerprint density at radius 2 is 2.11 bits per heavy atom. The van der Waals surface area contributed by atoms with Crippen LogP contribution in [0.15, 0.2) is 16.0 Å². The fraction of sp³-hybridized carbons (Fsp3) is 0.714. The van der Waals surface area contributed by atoms with Gasteiger partial charge in [0.05, 0.1) is 0 Å². The number of H-pyrrole nitrogens is 1. The van der Waals surface area contributed by atoms with Crippen molar-refractivity contribution >= 4 is 11.8 Å². The molecule has 2 unspecified atom stereocenters. The zero-order valence-corrected chi connectivity index (χ0v) is 12.9. The molecule has 0 aliphatic rings. The minimum atomic E-state index is -0.0696. The molecule has 1 aromatic rings. The zero-order valence-electron chi connectivity index (χ0n) is 12.1. The lowest BCUT2D eigenvalue weighted by Crippen LogP contribution is -2.32. The Hall–Kier alpha value is -0.810. The first kappa shape index (κ1) is 16.2. The molecule has 1 heterocycles. The van der Waals surface area contributed by atoms with Crippen LogP contribution in [-0.2, 0) is 6.42 Å². The molecule has 0 bridgehead atoms. The van der Waals surface area contributed by atoms with Gasteiger partial charge in [0, 0.05) is 23.1 Å². The quantitative estimate of drug-likeness (QED) is 0.568. The van der Waals surface area contributed by atoms with Gasteiger partial charge in [-0.1, -0.05) is 45.4 Å². The van der Waals surface area contributed by atoms with Gasteiger partial charge in [0.15, 0.2) is 5.16 Å². The van der Waals surface area contributed by atoms with Crippen LogP contribution < -0.4 is 11.3 Å². The van der Waals surface area contributed by atoms with Crippen molar-refractivity contribution in [3.8, 4) is 0 Å². The molecule has 1 rings (SSSR count). The Kier molecular flexibility index (Phi) is 7.16. The minimum Gasteiger partial charge on any atom is -0.327 e. The number of rotatable bonds is 8. The van der Waals surface area contributed by atoms with Gasteiger partial charge in [0.25, 0.3) is 5.56 Å². The van der Waals surface area contributed by atoms with E-state index in [1.54, 1.807) is 17.8 Å². The summed E-state index contributed by atoms with van der Waals surface area (Å²) >= 11 is 1.60. The van der Waals surface area contributed by atoms with Crippen LogP contribution in [0.1, 0.15) is 52.1 Å². The summed E-state index contributed by atoms with van der Waals surface area (Å²) in [5.41, 5.74) is 6.98. The second-order valence-corrected chi connectivity index (χ2v) is 6.04. The van der Waals surface area contributed by atoms with Gasteiger partial charge in [0.1, 0.15) is 0 Å². The predicted molar refractivity (Wildman–Crippen MR) is 81.7 cm³/mol. The van der Waals surface area contributed by atoms with Gasteiger partial charge in [-0.25, -0.2) is 4.98 Å². The van der Waals surface area contributed by atoms with Crippen LogP contribution >= 0.6 is 11.8 Å². The van der Waals surface area contributed by atoms with Gasteiger partial charge in [-0.05, 0) is 19.3 Å². The molecule has 0 saturated heterocycles. The van der Waals surface area contributed by atoms with Crippen molar-refractivity contribution in [3.05, 3.63) is 22.1 Å². The third kappa shape index (κ3) is 5.37. The molecule has 0 radical (unpaired) electrons. The zero-order chi connectivity index (χ0) is 14.3. The first-order valence-corrected chi connectivity index (χ1v) is 8.01. The van der Waals surface area contributed by atoms with Crippen molar-refractivity contribution in [3.63, 3.8) is 0 Å². The van der Waals surface area contributed by atoms with E-state index in [0.29, 0.717) is 10.4 Å². The molecule has 0 spiro atoms. The molecule has 2 atom stereocenters. The molecule has 0 aromatic carbocycles. The molecule has 0 saturated carbocycles. The molecule has 4 nitrogen and oxygen atoms in total. The molecule has 5 heteroatoms. The summed E-state index contributed by atoms with van der Waals surface area (Å²) in [5.74, 6) is 0. The van der Waals surface area contributed by atoms with Gasteiger partial charge in [0.2, 0.25) is 0 Å². The van der Waals surface area contributed by atoms with Crippen LogP contribution in [0.2, 0.25) is 0 Å². The van der Waals surface area contributed by atoms with Crippen LogP contribution in [0, 0.1) is 0 Å². The largest absolute Gasteiger partial charge is 0.327 e. The van der Waals surface area contributed by atoms with E-state index in [9.17, 15) is 4.79 Å². The number of nitrogens with zero attached hydrogens (tertiary/aromatic N) is 1. The number of hydrogen-bond acceptors (Lipinski definition) is 4. The number of thioether (sulfide) groups is 1. The van der Waals surface area contributed by atoms with E-state index in [1.165, 1.54) is 0 Å². The van der Waals surface area contributed by atoms with E-state index in [2.05, 4.69) is 30.7 Å². The highest BCUT2D eigenvalue weighted by Crippen LogP contribution is 2.25. The fourth-order valence-electron chi connectivity index (χ4n) is 2.06. The Morgan fingerprint density at radius 3 is 2.68 bits per heavy atom. The molecule has 0 fully saturated rings. The van der Waals surface area contributed by atoms with E-state index >= 15 is 0 Å². The molecule has 3 N–H and O–H groups in total. The number of nitrogens with one attached hydrogen (secondary N) is 1. The lowest BCUT2D eigenvalue weighted by molar-refractivity contribution is 0.565. The molecule has 0 aliphatic carbocycles. The molecular weight excluding hydrogens is 258 g/mol. The first-order valence-electron chi connectivity index (χ1n) is 7.13. The average molecular weight is 283 g/mol. The van der Waals surface area contributed by atoms with E-state index in [-0.39, 0.29) is 11.6 Å². The van der Waals surface area contributed by atoms with Crippen molar-refractivity contribution in [2.45, 2.75) is 69.3 Å². The number of hydrogen-bond donors (Lipinski definition) is 2. The number of aryl methyl sites for hydroxylation is 1. The highest BCUT2D eigenvalue weighted by atomic mass is 32.2. The van der Waals surface area contributed by atoms with Crippen molar-refractivity contribution < 1.29 is 0 Å². The first-order chi connectivity index (χ1) is 9.10. The Labute approximate surface area is 119 Å². The Bertz CT molecular complexity index is 433. The SMILES string of the molecule is CCCc1cc(=O)[nH]c(SC(CC)C(N)CCC)n1. The van der Waals surface area contributed by atoms with Crippen LogP contribution in [0.4, 0.5) is 0 Å². The average Bonchev–Trinajstić information content (AvgIpc) is 2.36. The smallest absolute Gasteiger partial charge is 0.251 e. The summed E-state index contributed by atoms with van der Waals surface area (Å²) < 4.78 is 0. The third-order valence-electron chi connectivity index (χ3n) is 3.04. The maximum absolute atomic E-state index is 11.6. The third-order valence-corrected chi connectivity index (χ3v) is 4.45. The van der Waals surface area contributed by atoms with Gasteiger partial charge in [-0.2, -0.15) is 0 Å². The van der Waals surface area contributed by atoms with E-state index in [0.717, 1.165) is 37.8 Å². The monoisotopic (exact) mass is 283 g/mol. The predicted octanol–water partition coefficient (Wildman–Crippen LogP) is 2.72. The summed E-state index contributed by atoms with van der Waals surface area (Å²) in [6.07, 6.45) is 4.90. The summed E-state index contributed by atoms with van der Waals surface area (Å²) in [5, 5.41) is 1.01. The molecule has 0 amide bonds. The molecule has 108 valence electrons. The second kappa shape index (κ2) is 8.38. The van der Waals surface area contributed by atoms with Crippen molar-refractivity contribution in [2.24, 2.45) is 5.73 Å². The van der Waals surface area contributed by atoms with Crippen LogP contribution in [0.5, 0.6) is 0 Å². The van der Waals surface area contributed by atoms with Gasteiger partial charge in [-0.3, -0.25) is 4.79 Å². The summed E-state index contributed by atoms with van der Waals surface area (Å²) in [6.45, 7) is 6.35. The van der Waals surface area contributed by atoms with Gasteiger partial charge >= 0.3 is 0 Å². The molecule has 0 aliphatic heterocycles. The summed E-state index contributed by atoms with van der Waals surface area (Å²) in [4.78, 5) is 18.9. The van der Waals surface area contributed by atoms with Gasteiger partial charge in [-0.15, -0.1) is 0 Å². The molecule has 19 heavy (non-hydrogen) atoms. The minimum absolute atomic E-state index is 0.0696. The maximum atomic E-state index is 11.6. The van der Waals surface area contributed by atoms with Gasteiger partial charge < -0.3 is 10.7 Å². The van der Waals surface area contributed by atoms with Crippen molar-refractivity contribution in [2.75, 3.05) is 0 Å². The highest BCUT2D eigenvalue weighted by molar-refractivity contribution is 7.99. The van der Waals surface area contributed by atoms with Crippen molar-refractivity contribution in [1.29, 1.82) is 0 Å². The molecular formula is C14H25N3OS. The fourth-order valence-corrected chi connectivity index (χ4v) is 3.15. The lowest BCUT2D eigenvalue weighted by Gasteiger charge is -2.21. The van der Waals surface area contributed by atoms with Crippen LogP contribution in [0.3, 0.4) is 0 Å². The molecule has 1 aromatic heterocycles. The second-order valence-electron chi connectivity index (χ2n) is 4.81. The lowest BCUT2D eigenvalue weighted by atomic mass is 10.1. The Balaban J connectivity index is 2.81. The van der Waals surface area contributed by atoms with Crippen LogP contribution in [0.25, 0.3) is 0 Å². The standard InChI is InChI=1S/C14H25N3OS/c1-4-7-10-9-13(18)17-14(16-10)19-12(6-3)11(15)8-5-2/h9,11-12H,4-8,15H2,1-3H3,(H,16,17,18). The summed E-state index contributed by atoms with van der Waals surface area (Å²) in [6, 6.07) is 1.74. The highest BCUT2D eigenvalue weighted by Gasteiger charge is 2.18. The number of aromatic nitrogens is 2. The number of nitrogens with two attached hydrogens (primary N) is 1. The number of aromatic amines is 1. The Morgan fingerprint density at radius 1 is 1.37 bits per heavy atom. The normalized spacial score (nSPS) is 14.3. The van der Waals surface area contributed by atoms with Crippen LogP contribution in [-0.4, -0.2) is 21.3 Å². The van der Waals surface area contributed by atoms with E-state index < -0.39 is 0 Å².